The standard InChI is InChI=1S/C16H16ClNO3/c1-3-21-16(19)14-6-4-5-13(18-14)10-11-9-12(17)7-8-15(11)20-2/h4-9H,3,10H2,1-2H3. The van der Waals surface area contributed by atoms with Gasteiger partial charge in [0.15, 0.2) is 0 Å². The molecule has 0 aliphatic heterocycles. The van der Waals surface area contributed by atoms with E-state index >= 15 is 0 Å². The molecule has 0 amide bonds. The zero-order valence-electron chi connectivity index (χ0n) is 11.9. The van der Waals surface area contributed by atoms with Gasteiger partial charge in [-0.25, -0.2) is 9.78 Å². The van der Waals surface area contributed by atoms with Crippen molar-refractivity contribution in [2.45, 2.75) is 13.3 Å². The summed E-state index contributed by atoms with van der Waals surface area (Å²) in [4.78, 5) is 16.0. The van der Waals surface area contributed by atoms with Crippen molar-refractivity contribution in [3.63, 3.8) is 0 Å². The molecule has 0 radical (unpaired) electrons. The highest BCUT2D eigenvalue weighted by Gasteiger charge is 2.11. The number of hydrogen-bond donors (Lipinski definition) is 0. The van der Waals surface area contributed by atoms with Crippen molar-refractivity contribution in [2.24, 2.45) is 0 Å². The Bertz CT molecular complexity index is 643. The Kier molecular flexibility index (Phi) is 5.17. The molecule has 0 atom stereocenters. The van der Waals surface area contributed by atoms with Gasteiger partial charge in [0.2, 0.25) is 0 Å². The SMILES string of the molecule is CCOC(=O)c1cccc(Cc2cc(Cl)ccc2OC)n1. The van der Waals surface area contributed by atoms with Gasteiger partial charge < -0.3 is 9.47 Å². The van der Waals surface area contributed by atoms with Gasteiger partial charge in [0.05, 0.1) is 13.7 Å². The number of carbonyl (C=O) groups is 1. The highest BCUT2D eigenvalue weighted by molar-refractivity contribution is 6.30. The Hall–Kier alpha value is -2.07. The fraction of sp³-hybridized carbons (Fsp3) is 0.250. The van der Waals surface area contributed by atoms with Crippen LogP contribution in [0, 0.1) is 0 Å². The number of aromatic nitrogens is 1. The molecule has 0 aliphatic rings. The van der Waals surface area contributed by atoms with E-state index in [9.17, 15) is 4.79 Å². The number of methoxy groups -OCH3 is 1. The number of pyridine rings is 1. The molecular weight excluding hydrogens is 290 g/mol. The molecule has 1 aromatic carbocycles. The fourth-order valence-corrected chi connectivity index (χ4v) is 2.17. The van der Waals surface area contributed by atoms with E-state index < -0.39 is 5.97 Å². The second-order valence-electron chi connectivity index (χ2n) is 4.37. The summed E-state index contributed by atoms with van der Waals surface area (Å²) in [5.74, 6) is 0.320. The molecule has 5 heteroatoms. The molecule has 0 unspecified atom stereocenters. The summed E-state index contributed by atoms with van der Waals surface area (Å²) in [6.07, 6.45) is 0.525. The van der Waals surface area contributed by atoms with Crippen molar-refractivity contribution in [1.29, 1.82) is 0 Å². The number of nitrogens with zero attached hydrogens (tertiary/aromatic N) is 1. The smallest absolute Gasteiger partial charge is 0.356 e. The number of rotatable bonds is 5. The molecule has 1 heterocycles. The molecule has 0 fully saturated rings. The molecule has 1 aromatic heterocycles. The van der Waals surface area contributed by atoms with Crippen LogP contribution in [0.1, 0.15) is 28.7 Å². The molecule has 110 valence electrons. The lowest BCUT2D eigenvalue weighted by atomic mass is 10.1. The van der Waals surface area contributed by atoms with Gasteiger partial charge in [-0.3, -0.25) is 0 Å². The summed E-state index contributed by atoms with van der Waals surface area (Å²) in [6.45, 7) is 2.09. The molecule has 4 nitrogen and oxygen atoms in total. The molecule has 0 N–H and O–H groups in total. The topological polar surface area (TPSA) is 48.4 Å². The van der Waals surface area contributed by atoms with Crippen LogP contribution in [0.2, 0.25) is 5.02 Å². The number of halogens is 1. The lowest BCUT2D eigenvalue weighted by Crippen LogP contribution is -2.08. The summed E-state index contributed by atoms with van der Waals surface area (Å²) < 4.78 is 10.3. The first-order chi connectivity index (χ1) is 10.1. The van der Waals surface area contributed by atoms with E-state index in [4.69, 9.17) is 21.1 Å². The lowest BCUT2D eigenvalue weighted by molar-refractivity contribution is 0.0519. The summed E-state index contributed by atoms with van der Waals surface area (Å²) in [5.41, 5.74) is 1.97. The first kappa shape index (κ1) is 15.3. The van der Waals surface area contributed by atoms with Gasteiger partial charge >= 0.3 is 5.97 Å². The number of esters is 1. The molecule has 2 aromatic rings. The molecule has 21 heavy (non-hydrogen) atoms. The van der Waals surface area contributed by atoms with E-state index in [1.165, 1.54) is 0 Å². The number of carbonyl (C=O) groups excluding carboxylic acids is 1. The summed E-state index contributed by atoms with van der Waals surface area (Å²) in [5, 5.41) is 0.632. The number of hydrogen-bond acceptors (Lipinski definition) is 4. The Morgan fingerprint density at radius 2 is 2.10 bits per heavy atom. The van der Waals surface area contributed by atoms with Gasteiger partial charge in [-0.15, -0.1) is 0 Å². The molecule has 0 bridgehead atoms. The minimum Gasteiger partial charge on any atom is -0.496 e. The fourth-order valence-electron chi connectivity index (χ4n) is 1.98. The van der Waals surface area contributed by atoms with Crippen molar-refractivity contribution < 1.29 is 14.3 Å². The van der Waals surface area contributed by atoms with Crippen molar-refractivity contribution in [3.05, 3.63) is 58.4 Å². The van der Waals surface area contributed by atoms with E-state index in [0.717, 1.165) is 17.0 Å². The molecule has 0 saturated carbocycles. The van der Waals surface area contributed by atoms with Gasteiger partial charge in [-0.2, -0.15) is 0 Å². The van der Waals surface area contributed by atoms with Crippen LogP contribution in [-0.4, -0.2) is 24.7 Å². The third-order valence-electron chi connectivity index (χ3n) is 2.91. The largest absolute Gasteiger partial charge is 0.496 e. The average Bonchev–Trinajstić information content (AvgIpc) is 2.48. The minimum atomic E-state index is -0.419. The predicted octanol–water partition coefficient (Wildman–Crippen LogP) is 3.51. The third-order valence-corrected chi connectivity index (χ3v) is 3.14. The van der Waals surface area contributed by atoms with Crippen molar-refractivity contribution in [2.75, 3.05) is 13.7 Å². The van der Waals surface area contributed by atoms with Crippen LogP contribution in [-0.2, 0) is 11.2 Å². The maximum atomic E-state index is 11.7. The quantitative estimate of drug-likeness (QED) is 0.793. The first-order valence-corrected chi connectivity index (χ1v) is 6.97. The van der Waals surface area contributed by atoms with Crippen LogP contribution in [0.15, 0.2) is 36.4 Å². The Balaban J connectivity index is 2.26. The van der Waals surface area contributed by atoms with Crippen LogP contribution in [0.4, 0.5) is 0 Å². The normalized spacial score (nSPS) is 10.2. The van der Waals surface area contributed by atoms with Crippen LogP contribution in [0.25, 0.3) is 0 Å². The van der Waals surface area contributed by atoms with E-state index in [0.29, 0.717) is 23.7 Å². The van der Waals surface area contributed by atoms with Crippen LogP contribution >= 0.6 is 11.6 Å². The highest BCUT2D eigenvalue weighted by atomic mass is 35.5. The van der Waals surface area contributed by atoms with E-state index in [-0.39, 0.29) is 0 Å². The molecule has 0 aliphatic carbocycles. The zero-order chi connectivity index (χ0) is 15.2. The second kappa shape index (κ2) is 7.09. The highest BCUT2D eigenvalue weighted by Crippen LogP contribution is 2.24. The Morgan fingerprint density at radius 1 is 1.29 bits per heavy atom. The van der Waals surface area contributed by atoms with Gasteiger partial charge in [-0.1, -0.05) is 17.7 Å². The molecular formula is C16H16ClNO3. The Morgan fingerprint density at radius 3 is 2.81 bits per heavy atom. The van der Waals surface area contributed by atoms with Gasteiger partial charge in [0, 0.05) is 22.7 Å². The number of benzene rings is 1. The average molecular weight is 306 g/mol. The van der Waals surface area contributed by atoms with Crippen LogP contribution < -0.4 is 4.74 Å². The van der Waals surface area contributed by atoms with E-state index in [1.54, 1.807) is 32.2 Å². The second-order valence-corrected chi connectivity index (χ2v) is 4.80. The Labute approximate surface area is 128 Å². The van der Waals surface area contributed by atoms with E-state index in [1.807, 2.05) is 18.2 Å². The lowest BCUT2D eigenvalue weighted by Gasteiger charge is -2.09. The van der Waals surface area contributed by atoms with Gasteiger partial charge in [0.1, 0.15) is 11.4 Å². The van der Waals surface area contributed by atoms with Crippen molar-refractivity contribution in [1.82, 2.24) is 4.98 Å². The predicted molar refractivity (Wildman–Crippen MR) is 81.0 cm³/mol. The summed E-state index contributed by atoms with van der Waals surface area (Å²) >= 11 is 6.01. The molecule has 2 rings (SSSR count). The maximum Gasteiger partial charge on any atom is 0.356 e. The van der Waals surface area contributed by atoms with Crippen molar-refractivity contribution >= 4 is 17.6 Å². The first-order valence-electron chi connectivity index (χ1n) is 6.59. The monoisotopic (exact) mass is 305 g/mol. The summed E-state index contributed by atoms with van der Waals surface area (Å²) in [6, 6.07) is 10.7. The summed E-state index contributed by atoms with van der Waals surface area (Å²) in [7, 11) is 1.61. The van der Waals surface area contributed by atoms with Crippen LogP contribution in [0.5, 0.6) is 5.75 Å². The minimum absolute atomic E-state index is 0.301. The van der Waals surface area contributed by atoms with Gasteiger partial charge in [-0.05, 0) is 37.3 Å². The van der Waals surface area contributed by atoms with Gasteiger partial charge in [0.25, 0.3) is 0 Å². The number of ether oxygens (including phenoxy) is 2. The third kappa shape index (κ3) is 3.95. The van der Waals surface area contributed by atoms with E-state index in [2.05, 4.69) is 4.98 Å². The molecule has 0 spiro atoms. The maximum absolute atomic E-state index is 11.7. The zero-order valence-corrected chi connectivity index (χ0v) is 12.7. The van der Waals surface area contributed by atoms with Crippen LogP contribution in [0.3, 0.4) is 0 Å². The molecule has 0 saturated heterocycles. The van der Waals surface area contributed by atoms with Crippen molar-refractivity contribution in [3.8, 4) is 5.75 Å².